The molecule has 18 heavy (non-hydrogen) atoms. The van der Waals surface area contributed by atoms with Gasteiger partial charge in [-0.2, -0.15) is 0 Å². The van der Waals surface area contributed by atoms with Crippen LogP contribution in [0, 0.1) is 0 Å². The van der Waals surface area contributed by atoms with E-state index in [0.29, 0.717) is 0 Å². The molecule has 98 valence electrons. The van der Waals surface area contributed by atoms with Gasteiger partial charge in [0.1, 0.15) is 0 Å². The summed E-state index contributed by atoms with van der Waals surface area (Å²) in [5, 5.41) is 17.0. The standard InChI is InChI=1S/2C5H5NO.CH4.2ClH.Zr/c2*7-5-3-1-2-4-6-5;;;;/h2*1-4H,(H,6,7);1H4;2*1H;/q;;;;;+2/p-2. The number of hydrogen-bond acceptors (Lipinski definition) is 4. The average Bonchev–Trinajstić information content (AvgIpc) is 2.33. The Morgan fingerprint density at radius 3 is 1.28 bits per heavy atom. The maximum absolute atomic E-state index is 8.52. The maximum atomic E-state index is 8.52. The molecule has 2 N–H and O–H groups in total. The van der Waals surface area contributed by atoms with E-state index in [1.165, 1.54) is 24.5 Å². The SMILES string of the molecule is C.Oc1ccccn1.Oc1ccccn1.[Cl][Zr][Cl]. The van der Waals surface area contributed by atoms with E-state index in [1.807, 2.05) is 0 Å². The van der Waals surface area contributed by atoms with Crippen molar-refractivity contribution in [3.8, 4) is 11.8 Å². The third-order valence-corrected chi connectivity index (χ3v) is 1.30. The molecule has 0 fully saturated rings. The van der Waals surface area contributed by atoms with Gasteiger partial charge >= 0.3 is 37.9 Å². The quantitative estimate of drug-likeness (QED) is 0.746. The molecular weight excluding hydrogens is 354 g/mol. The molecular formula is C11H14Cl2N2O2Zr. The Balaban J connectivity index is 0. The first-order valence-corrected chi connectivity index (χ1v) is 10.7. The molecule has 4 nitrogen and oxygen atoms in total. The molecule has 2 heterocycles. The van der Waals surface area contributed by atoms with E-state index in [0.717, 1.165) is 0 Å². The van der Waals surface area contributed by atoms with Crippen molar-refractivity contribution in [1.82, 2.24) is 9.97 Å². The topological polar surface area (TPSA) is 66.2 Å². The van der Waals surface area contributed by atoms with Gasteiger partial charge in [0.05, 0.1) is 0 Å². The van der Waals surface area contributed by atoms with Gasteiger partial charge < -0.3 is 10.2 Å². The third kappa shape index (κ3) is 13.4. The van der Waals surface area contributed by atoms with Crippen LogP contribution in [-0.2, 0) is 20.8 Å². The minimum absolute atomic E-state index is 0. The van der Waals surface area contributed by atoms with Crippen molar-refractivity contribution in [2.45, 2.75) is 7.43 Å². The number of halogens is 2. The first kappa shape index (κ1) is 19.7. The van der Waals surface area contributed by atoms with Crippen LogP contribution in [0.2, 0.25) is 0 Å². The van der Waals surface area contributed by atoms with Crippen LogP contribution >= 0.6 is 17.0 Å². The predicted molar refractivity (Wildman–Crippen MR) is 70.2 cm³/mol. The van der Waals surface area contributed by atoms with Crippen molar-refractivity contribution in [2.24, 2.45) is 0 Å². The second kappa shape index (κ2) is 14.4. The summed E-state index contributed by atoms with van der Waals surface area (Å²) < 4.78 is 0. The summed E-state index contributed by atoms with van der Waals surface area (Å²) in [5.41, 5.74) is 0. The van der Waals surface area contributed by atoms with Gasteiger partial charge in [-0.15, -0.1) is 0 Å². The van der Waals surface area contributed by atoms with E-state index in [2.05, 4.69) is 9.97 Å². The minimum atomic E-state index is -0.826. The van der Waals surface area contributed by atoms with E-state index < -0.39 is 20.8 Å². The van der Waals surface area contributed by atoms with Crippen molar-refractivity contribution in [2.75, 3.05) is 0 Å². The summed E-state index contributed by atoms with van der Waals surface area (Å²) in [6.07, 6.45) is 3.07. The molecule has 0 aliphatic heterocycles. The van der Waals surface area contributed by atoms with E-state index in [1.54, 1.807) is 24.3 Å². The monoisotopic (exact) mass is 366 g/mol. The van der Waals surface area contributed by atoms with Gasteiger partial charge in [0, 0.05) is 24.5 Å². The first-order valence-electron chi connectivity index (χ1n) is 4.37. The van der Waals surface area contributed by atoms with Crippen LogP contribution in [0.4, 0.5) is 0 Å². The van der Waals surface area contributed by atoms with Crippen molar-refractivity contribution in [1.29, 1.82) is 0 Å². The fourth-order valence-corrected chi connectivity index (χ4v) is 0.707. The molecule has 0 saturated heterocycles. The summed E-state index contributed by atoms with van der Waals surface area (Å²) >= 11 is -0.826. The van der Waals surface area contributed by atoms with Crippen LogP contribution in [0.3, 0.4) is 0 Å². The van der Waals surface area contributed by atoms with E-state index >= 15 is 0 Å². The molecule has 0 aromatic carbocycles. The Kier molecular flexibility index (Phi) is 15.8. The molecule has 0 bridgehead atoms. The summed E-state index contributed by atoms with van der Waals surface area (Å²) in [5.74, 6) is 0.144. The zero-order valence-corrected chi connectivity index (χ0v) is 12.6. The molecule has 2 rings (SSSR count). The molecule has 0 amide bonds. The Morgan fingerprint density at radius 1 is 0.833 bits per heavy atom. The molecule has 2 aromatic rings. The van der Waals surface area contributed by atoms with Gasteiger partial charge in [-0.3, -0.25) is 0 Å². The first-order chi connectivity index (χ1) is 8.20. The number of rotatable bonds is 0. The van der Waals surface area contributed by atoms with Crippen LogP contribution in [0.1, 0.15) is 7.43 Å². The van der Waals surface area contributed by atoms with Crippen molar-refractivity contribution >= 4 is 17.0 Å². The average molecular weight is 368 g/mol. The molecule has 0 atom stereocenters. The Labute approximate surface area is 125 Å². The van der Waals surface area contributed by atoms with E-state index in [4.69, 9.17) is 27.2 Å². The van der Waals surface area contributed by atoms with E-state index in [9.17, 15) is 0 Å². The van der Waals surface area contributed by atoms with Crippen molar-refractivity contribution in [3.05, 3.63) is 48.8 Å². The van der Waals surface area contributed by atoms with Crippen molar-refractivity contribution < 1.29 is 31.1 Å². The summed E-state index contributed by atoms with van der Waals surface area (Å²) in [6.45, 7) is 0. The second-order valence-corrected chi connectivity index (χ2v) is 6.18. The normalized spacial score (nSPS) is 7.44. The molecule has 0 saturated carbocycles. The molecule has 0 unspecified atom stereocenters. The third-order valence-electron chi connectivity index (χ3n) is 1.30. The van der Waals surface area contributed by atoms with Crippen LogP contribution in [-0.4, -0.2) is 20.2 Å². The van der Waals surface area contributed by atoms with Gasteiger partial charge in [-0.05, 0) is 12.1 Å². The summed E-state index contributed by atoms with van der Waals surface area (Å²) in [7, 11) is 9.87. The molecule has 7 heteroatoms. The van der Waals surface area contributed by atoms with Gasteiger partial charge in [-0.25, -0.2) is 9.97 Å². The molecule has 0 radical (unpaired) electrons. The second-order valence-electron chi connectivity index (χ2n) is 2.45. The van der Waals surface area contributed by atoms with Crippen LogP contribution < -0.4 is 0 Å². The number of nitrogens with zero attached hydrogens (tertiary/aromatic N) is 2. The molecule has 0 aliphatic carbocycles. The van der Waals surface area contributed by atoms with Gasteiger partial charge in [0.25, 0.3) is 0 Å². The van der Waals surface area contributed by atoms with Crippen LogP contribution in [0.5, 0.6) is 11.8 Å². The Hall–Kier alpha value is -0.637. The zero-order valence-electron chi connectivity index (χ0n) is 8.66. The van der Waals surface area contributed by atoms with E-state index in [-0.39, 0.29) is 19.2 Å². The zero-order chi connectivity index (χ0) is 12.9. The fourth-order valence-electron chi connectivity index (χ4n) is 0.707. The number of aromatic hydroxyl groups is 2. The molecule has 2 aromatic heterocycles. The van der Waals surface area contributed by atoms with Gasteiger partial charge in [0.15, 0.2) is 0 Å². The van der Waals surface area contributed by atoms with Crippen LogP contribution in [0.25, 0.3) is 0 Å². The van der Waals surface area contributed by atoms with Gasteiger partial charge in [-0.1, -0.05) is 19.6 Å². The Bertz CT molecular complexity index is 342. The van der Waals surface area contributed by atoms with Crippen molar-refractivity contribution in [3.63, 3.8) is 0 Å². The number of aromatic nitrogens is 2. The molecule has 0 spiro atoms. The van der Waals surface area contributed by atoms with Crippen LogP contribution in [0.15, 0.2) is 48.8 Å². The fraction of sp³-hybridized carbons (Fsp3) is 0.0909. The Morgan fingerprint density at radius 2 is 1.17 bits per heavy atom. The summed E-state index contributed by atoms with van der Waals surface area (Å²) in [4.78, 5) is 7.07. The predicted octanol–water partition coefficient (Wildman–Crippen LogP) is 3.59. The molecule has 0 aliphatic rings. The number of hydrogen-bond donors (Lipinski definition) is 2. The van der Waals surface area contributed by atoms with Gasteiger partial charge in [0.2, 0.25) is 11.8 Å². The summed E-state index contributed by atoms with van der Waals surface area (Å²) in [6, 6.07) is 10.0. The number of pyridine rings is 2.